The van der Waals surface area contributed by atoms with Crippen LogP contribution in [0.15, 0.2) is 268 Å². The van der Waals surface area contributed by atoms with Gasteiger partial charge in [-0.3, -0.25) is 0 Å². The maximum atomic E-state index is 3.99. The molecule has 8 bridgehead atoms. The fourth-order valence-corrected chi connectivity index (χ4v) is 21.5. The molecule has 13 aromatic rings. The highest BCUT2D eigenvalue weighted by Gasteiger charge is 2.60. The summed E-state index contributed by atoms with van der Waals surface area (Å²) >= 11 is 0. The normalized spacial score (nSPS) is 25.1. The Hall–Kier alpha value is -9.50. The van der Waals surface area contributed by atoms with Crippen LogP contribution in [0.2, 0.25) is 0 Å². The maximum Gasteiger partial charge on any atom is 0.0541 e. The molecule has 11 aromatic carbocycles. The van der Waals surface area contributed by atoms with E-state index in [4.69, 9.17) is 0 Å². The van der Waals surface area contributed by atoms with Gasteiger partial charge in [0.15, 0.2) is 0 Å². The number of hydrogen-bond donors (Lipinski definition) is 0. The van der Waals surface area contributed by atoms with Crippen molar-refractivity contribution >= 4 is 55.8 Å². The van der Waals surface area contributed by atoms with Crippen molar-refractivity contribution in [2.75, 3.05) is 0 Å². The molecule has 2 heteroatoms. The van der Waals surface area contributed by atoms with Crippen LogP contribution < -0.4 is 0 Å². The first-order chi connectivity index (χ1) is 46.2. The van der Waals surface area contributed by atoms with Crippen molar-refractivity contribution in [2.45, 2.75) is 112 Å². The molecule has 8 saturated carbocycles. The fourth-order valence-electron chi connectivity index (χ4n) is 21.5. The molecule has 0 N–H and O–H groups in total. The largest absolute Gasteiger partial charge is 0.309 e. The zero-order valence-electron chi connectivity index (χ0n) is 53.9. The van der Waals surface area contributed by atoms with Crippen molar-refractivity contribution < 1.29 is 0 Å². The maximum absolute atomic E-state index is 3.99. The summed E-state index contributed by atoms with van der Waals surface area (Å²) in [6, 6.07) is 97.0. The van der Waals surface area contributed by atoms with E-state index in [-0.39, 0.29) is 0 Å². The van der Waals surface area contributed by atoms with E-state index >= 15 is 0 Å². The van der Waals surface area contributed by atoms with Gasteiger partial charge in [0.2, 0.25) is 0 Å². The van der Waals surface area contributed by atoms with Crippen molar-refractivity contribution in [1.82, 2.24) is 9.13 Å². The van der Waals surface area contributed by atoms with Gasteiger partial charge < -0.3 is 9.13 Å². The SMILES string of the molecule is C=Cc1ccc(C23CC4CC(C2)CC(c2ccc(-c5ccc6c(c5)c5cc(-c7ccc8c(c7)CC8)ccc5n6-c5ccccc5)cc2)(C4)C3)cc1.C=Cc1ccc(C23CC4CC(C2)CC(c2ccc(-c5ccc6c(c5)c5ccccc5n6-c5ccccc5)cc2)(C4)C3)cc1. The summed E-state index contributed by atoms with van der Waals surface area (Å²) in [7, 11) is 0. The average molecular weight is 1210 g/mol. The minimum atomic E-state index is 0.293. The second-order valence-corrected chi connectivity index (χ2v) is 30.4. The summed E-state index contributed by atoms with van der Waals surface area (Å²) in [6.07, 6.45) is 22.7. The molecular weight excluding hydrogens is 1130 g/mol. The van der Waals surface area contributed by atoms with Crippen LogP contribution in [0.25, 0.3) is 101 Å². The van der Waals surface area contributed by atoms with Crippen LogP contribution in [-0.4, -0.2) is 9.13 Å². The number of rotatable bonds is 11. The van der Waals surface area contributed by atoms with Crippen LogP contribution >= 0.6 is 0 Å². The van der Waals surface area contributed by atoms with Gasteiger partial charge in [0.1, 0.15) is 0 Å². The molecule has 458 valence electrons. The predicted octanol–water partition coefficient (Wildman–Crippen LogP) is 23.5. The molecule has 2 heterocycles. The molecule has 94 heavy (non-hydrogen) atoms. The van der Waals surface area contributed by atoms with E-state index in [0.29, 0.717) is 21.7 Å². The number of nitrogens with zero attached hydrogens (tertiary/aromatic N) is 2. The standard InChI is InChI=1S/C50H43N.C42H37N/c1-2-33-8-18-42(19-9-33)49-28-34-24-35(29-49)31-50(30-34,32-49)43-20-14-37(15-21-43)40-16-22-47-45(26-40)46-27-41(39-13-11-36-10-12-38(36)25-39)17-23-48(46)51(47)44-6-4-3-5-7-44;1-2-29-12-17-34(18-13-29)41-24-30-22-31(25-41)27-42(26-30,28-41)35-19-14-32(15-20-35)33-16-21-40-38(23-33)37-10-6-7-11-39(37)43(40)36-8-4-3-5-9-36/h2-9,11,13-23,25-27,34-35H,1,10,12,24,28-32H2;2-21,23,30-31H,1,22,24-28H2. The zero-order valence-corrected chi connectivity index (χ0v) is 53.9. The lowest BCUT2D eigenvalue weighted by Crippen LogP contribution is -2.55. The third-order valence-electron chi connectivity index (χ3n) is 25.0. The molecule has 4 atom stereocenters. The Morgan fingerprint density at radius 2 is 0.606 bits per heavy atom. The number of aryl methyl sites for hydroxylation is 2. The van der Waals surface area contributed by atoms with Gasteiger partial charge in [0.05, 0.1) is 22.1 Å². The Bertz CT molecular complexity index is 5110. The minimum Gasteiger partial charge on any atom is -0.309 e. The summed E-state index contributed by atoms with van der Waals surface area (Å²) in [5.41, 5.74) is 28.2. The van der Waals surface area contributed by atoms with Crippen LogP contribution in [0.4, 0.5) is 0 Å². The van der Waals surface area contributed by atoms with E-state index < -0.39 is 0 Å². The molecule has 2 aromatic heterocycles. The molecule has 8 fully saturated rings. The van der Waals surface area contributed by atoms with E-state index in [1.165, 1.54) is 201 Å². The quantitative estimate of drug-likeness (QED) is 0.122. The van der Waals surface area contributed by atoms with E-state index in [9.17, 15) is 0 Å². The van der Waals surface area contributed by atoms with Gasteiger partial charge in [-0.15, -0.1) is 0 Å². The molecular formula is C92H80N2. The molecule has 4 unspecified atom stereocenters. The van der Waals surface area contributed by atoms with E-state index in [1.807, 2.05) is 12.2 Å². The van der Waals surface area contributed by atoms with Crippen molar-refractivity contribution in [3.05, 3.63) is 312 Å². The summed E-state index contributed by atoms with van der Waals surface area (Å²) in [6.45, 7) is 7.97. The molecule has 2 nitrogen and oxygen atoms in total. The first-order valence-electron chi connectivity index (χ1n) is 35.2. The summed E-state index contributed by atoms with van der Waals surface area (Å²) in [4.78, 5) is 0. The summed E-state index contributed by atoms with van der Waals surface area (Å²) in [5.74, 6) is 3.38. The van der Waals surface area contributed by atoms with Crippen molar-refractivity contribution in [3.63, 3.8) is 0 Å². The van der Waals surface area contributed by atoms with Crippen LogP contribution in [-0.2, 0) is 34.5 Å². The summed E-state index contributed by atoms with van der Waals surface area (Å²) < 4.78 is 4.83. The van der Waals surface area contributed by atoms with Crippen molar-refractivity contribution in [2.24, 2.45) is 23.7 Å². The third kappa shape index (κ3) is 9.02. The van der Waals surface area contributed by atoms with Gasteiger partial charge >= 0.3 is 0 Å². The molecule has 0 radical (unpaired) electrons. The number of hydrogen-bond acceptors (Lipinski definition) is 0. The van der Waals surface area contributed by atoms with Crippen molar-refractivity contribution in [3.8, 4) is 44.8 Å². The van der Waals surface area contributed by atoms with Gasteiger partial charge in [-0.2, -0.15) is 0 Å². The van der Waals surface area contributed by atoms with E-state index in [2.05, 4.69) is 277 Å². The van der Waals surface area contributed by atoms with Gasteiger partial charge in [0, 0.05) is 32.9 Å². The first kappa shape index (κ1) is 56.1. The first-order valence-corrected chi connectivity index (χ1v) is 35.2. The molecule has 9 aliphatic carbocycles. The smallest absolute Gasteiger partial charge is 0.0541 e. The monoisotopic (exact) mass is 1210 g/mol. The summed E-state index contributed by atoms with van der Waals surface area (Å²) in [5, 5.41) is 5.24. The lowest BCUT2D eigenvalue weighted by molar-refractivity contribution is -0.0282. The average Bonchev–Trinajstić information content (AvgIpc) is 1.07. The fraction of sp³-hybridized carbons (Fsp3) is 0.239. The van der Waals surface area contributed by atoms with Crippen LogP contribution in [0.1, 0.15) is 122 Å². The highest BCUT2D eigenvalue weighted by atomic mass is 15.0. The zero-order chi connectivity index (χ0) is 62.3. The molecule has 0 amide bonds. The second-order valence-electron chi connectivity index (χ2n) is 30.4. The van der Waals surface area contributed by atoms with Crippen LogP contribution in [0.5, 0.6) is 0 Å². The predicted molar refractivity (Wildman–Crippen MR) is 394 cm³/mol. The Morgan fingerprint density at radius 3 is 0.989 bits per heavy atom. The van der Waals surface area contributed by atoms with Crippen LogP contribution in [0.3, 0.4) is 0 Å². The lowest BCUT2D eigenvalue weighted by Gasteiger charge is -2.63. The van der Waals surface area contributed by atoms with Crippen LogP contribution in [0, 0.1) is 23.7 Å². The topological polar surface area (TPSA) is 9.86 Å². The van der Waals surface area contributed by atoms with E-state index in [0.717, 1.165) is 23.7 Å². The lowest BCUT2D eigenvalue weighted by atomic mass is 9.41. The Morgan fingerprint density at radius 1 is 0.287 bits per heavy atom. The van der Waals surface area contributed by atoms with Gasteiger partial charge in [0.25, 0.3) is 0 Å². The minimum absolute atomic E-state index is 0.293. The number of fused-ring (bicyclic) bond motifs is 7. The van der Waals surface area contributed by atoms with Gasteiger partial charge in [-0.1, -0.05) is 213 Å². The van der Waals surface area contributed by atoms with E-state index in [1.54, 1.807) is 22.3 Å². The molecule has 0 spiro atoms. The molecule has 9 aliphatic rings. The Balaban J connectivity index is 0.000000135. The number of aromatic nitrogens is 2. The highest BCUT2D eigenvalue weighted by Crippen LogP contribution is 2.68. The number of para-hydroxylation sites is 3. The van der Waals surface area contributed by atoms with Gasteiger partial charge in [-0.25, -0.2) is 0 Å². The second kappa shape index (κ2) is 21.5. The molecule has 0 saturated heterocycles. The Kier molecular flexibility index (Phi) is 12.8. The molecule has 22 rings (SSSR count). The highest BCUT2D eigenvalue weighted by molar-refractivity contribution is 6.12. The molecule has 0 aliphatic heterocycles. The number of benzene rings is 11. The Labute approximate surface area is 554 Å². The van der Waals surface area contributed by atoms with Gasteiger partial charge in [-0.05, 0) is 280 Å². The third-order valence-corrected chi connectivity index (χ3v) is 25.0. The van der Waals surface area contributed by atoms with Crippen molar-refractivity contribution in [1.29, 1.82) is 0 Å².